The first-order valence-electron chi connectivity index (χ1n) is 6.49. The number of alkyl halides is 3. The molecule has 1 unspecified atom stereocenters. The summed E-state index contributed by atoms with van der Waals surface area (Å²) in [5.41, 5.74) is 2.02. The van der Waals surface area contributed by atoms with Gasteiger partial charge in [-0.3, -0.25) is 0 Å². The molecule has 0 fully saturated rings. The average Bonchev–Trinajstić information content (AvgIpc) is 2.42. The Morgan fingerprint density at radius 1 is 1.10 bits per heavy atom. The molecule has 0 spiro atoms. The Bertz CT molecular complexity index is 596. The molecule has 2 aromatic carbocycles. The van der Waals surface area contributed by atoms with Crippen molar-refractivity contribution < 1.29 is 13.2 Å². The lowest BCUT2D eigenvalue weighted by Crippen LogP contribution is -2.20. The van der Waals surface area contributed by atoms with Crippen LogP contribution in [-0.4, -0.2) is 6.18 Å². The fourth-order valence-electron chi connectivity index (χ4n) is 2.11. The molecule has 0 saturated carbocycles. The van der Waals surface area contributed by atoms with Crippen molar-refractivity contribution in [3.63, 3.8) is 0 Å². The number of halogens is 4. The highest BCUT2D eigenvalue weighted by Gasteiger charge is 2.32. The van der Waals surface area contributed by atoms with Gasteiger partial charge in [-0.25, -0.2) is 0 Å². The minimum absolute atomic E-state index is 0.406. The van der Waals surface area contributed by atoms with E-state index in [0.717, 1.165) is 5.56 Å². The summed E-state index contributed by atoms with van der Waals surface area (Å²) in [6.07, 6.45) is -5.22. The number of aryl methyl sites for hydroxylation is 1. The second-order valence-electron chi connectivity index (χ2n) is 4.91. The zero-order chi connectivity index (χ0) is 15.5. The lowest BCUT2D eigenvalue weighted by Gasteiger charge is -2.22. The first kappa shape index (κ1) is 15.7. The van der Waals surface area contributed by atoms with E-state index in [4.69, 9.17) is 11.6 Å². The molecule has 0 bridgehead atoms. The van der Waals surface area contributed by atoms with Crippen LogP contribution in [0.2, 0.25) is 5.02 Å². The maximum absolute atomic E-state index is 12.8. The third kappa shape index (κ3) is 4.67. The molecular weight excluding hydrogens is 299 g/mol. The molecule has 0 aromatic heterocycles. The molecule has 112 valence electrons. The molecular formula is C16H15ClF3N. The van der Waals surface area contributed by atoms with Crippen molar-refractivity contribution in [3.8, 4) is 0 Å². The highest BCUT2D eigenvalue weighted by Crippen LogP contribution is 2.34. The van der Waals surface area contributed by atoms with E-state index in [9.17, 15) is 13.2 Å². The van der Waals surface area contributed by atoms with Gasteiger partial charge in [0.1, 0.15) is 0 Å². The van der Waals surface area contributed by atoms with E-state index in [-0.39, 0.29) is 0 Å². The first-order valence-corrected chi connectivity index (χ1v) is 6.87. The van der Waals surface area contributed by atoms with Gasteiger partial charge in [-0.2, -0.15) is 13.2 Å². The van der Waals surface area contributed by atoms with Crippen LogP contribution < -0.4 is 5.32 Å². The molecule has 0 aliphatic heterocycles. The number of anilines is 1. The standard InChI is InChI=1S/C16H15ClF3N/c1-11-7-8-13(17)14(9-11)21-15(10-16(18,19)20)12-5-3-2-4-6-12/h2-9,15,21H,10H2,1H3. The normalized spacial score (nSPS) is 13.0. The van der Waals surface area contributed by atoms with Crippen LogP contribution in [0.1, 0.15) is 23.6 Å². The molecule has 5 heteroatoms. The Labute approximate surface area is 126 Å². The van der Waals surface area contributed by atoms with Crippen molar-refractivity contribution in [1.29, 1.82) is 0 Å². The molecule has 21 heavy (non-hydrogen) atoms. The van der Waals surface area contributed by atoms with Crippen molar-refractivity contribution in [2.24, 2.45) is 0 Å². The zero-order valence-corrected chi connectivity index (χ0v) is 12.2. The summed E-state index contributed by atoms with van der Waals surface area (Å²) in [6, 6.07) is 12.9. The summed E-state index contributed by atoms with van der Waals surface area (Å²) in [7, 11) is 0. The fraction of sp³-hybridized carbons (Fsp3) is 0.250. The number of hydrogen-bond acceptors (Lipinski definition) is 1. The van der Waals surface area contributed by atoms with Crippen LogP contribution in [0.15, 0.2) is 48.5 Å². The van der Waals surface area contributed by atoms with Crippen LogP contribution in [0.4, 0.5) is 18.9 Å². The van der Waals surface area contributed by atoms with E-state index in [1.807, 2.05) is 13.0 Å². The van der Waals surface area contributed by atoms with Gasteiger partial charge in [0.15, 0.2) is 0 Å². The minimum atomic E-state index is -4.26. The third-order valence-electron chi connectivity index (χ3n) is 3.09. The van der Waals surface area contributed by atoms with Gasteiger partial charge in [0.25, 0.3) is 0 Å². The molecule has 0 aliphatic rings. The van der Waals surface area contributed by atoms with Gasteiger partial charge in [0.2, 0.25) is 0 Å². The van der Waals surface area contributed by atoms with Crippen LogP contribution in [0, 0.1) is 6.92 Å². The molecule has 0 radical (unpaired) electrons. The lowest BCUT2D eigenvalue weighted by atomic mass is 10.0. The Kier molecular flexibility index (Phi) is 4.78. The third-order valence-corrected chi connectivity index (χ3v) is 3.42. The summed E-state index contributed by atoms with van der Waals surface area (Å²) in [4.78, 5) is 0. The van der Waals surface area contributed by atoms with Crippen LogP contribution in [0.3, 0.4) is 0 Å². The Hall–Kier alpha value is -1.68. The summed E-state index contributed by atoms with van der Waals surface area (Å²) < 4.78 is 38.4. The van der Waals surface area contributed by atoms with E-state index in [2.05, 4.69) is 5.32 Å². The van der Waals surface area contributed by atoms with E-state index in [1.165, 1.54) is 0 Å². The number of rotatable bonds is 4. The Balaban J connectivity index is 2.30. The van der Waals surface area contributed by atoms with Crippen LogP contribution in [0.25, 0.3) is 0 Å². The predicted octanol–water partition coefficient (Wildman–Crippen LogP) is 5.75. The maximum Gasteiger partial charge on any atom is 0.391 e. The highest BCUT2D eigenvalue weighted by molar-refractivity contribution is 6.33. The molecule has 1 N–H and O–H groups in total. The molecule has 0 saturated heterocycles. The highest BCUT2D eigenvalue weighted by atomic mass is 35.5. The minimum Gasteiger partial charge on any atom is -0.377 e. The molecule has 0 amide bonds. The van der Waals surface area contributed by atoms with Crippen molar-refractivity contribution >= 4 is 17.3 Å². The van der Waals surface area contributed by atoms with Crippen molar-refractivity contribution in [2.75, 3.05) is 5.32 Å². The average molecular weight is 314 g/mol. The largest absolute Gasteiger partial charge is 0.391 e. The van der Waals surface area contributed by atoms with E-state index in [0.29, 0.717) is 16.3 Å². The van der Waals surface area contributed by atoms with Crippen molar-refractivity contribution in [3.05, 3.63) is 64.7 Å². The van der Waals surface area contributed by atoms with Gasteiger partial charge in [-0.1, -0.05) is 48.0 Å². The van der Waals surface area contributed by atoms with Crippen molar-refractivity contribution in [2.45, 2.75) is 25.6 Å². The Morgan fingerprint density at radius 3 is 2.38 bits per heavy atom. The SMILES string of the molecule is Cc1ccc(Cl)c(NC(CC(F)(F)F)c2ccccc2)c1. The van der Waals surface area contributed by atoms with E-state index >= 15 is 0 Å². The van der Waals surface area contributed by atoms with Gasteiger partial charge < -0.3 is 5.32 Å². The van der Waals surface area contributed by atoms with Crippen LogP contribution in [-0.2, 0) is 0 Å². The Morgan fingerprint density at radius 2 is 1.76 bits per heavy atom. The van der Waals surface area contributed by atoms with Gasteiger partial charge in [-0.15, -0.1) is 0 Å². The van der Waals surface area contributed by atoms with Crippen LogP contribution >= 0.6 is 11.6 Å². The van der Waals surface area contributed by atoms with Crippen molar-refractivity contribution in [1.82, 2.24) is 0 Å². The topological polar surface area (TPSA) is 12.0 Å². The summed E-state index contributed by atoms with van der Waals surface area (Å²) in [5.74, 6) is 0. The second kappa shape index (κ2) is 6.39. The number of nitrogens with one attached hydrogen (secondary N) is 1. The van der Waals surface area contributed by atoms with Gasteiger partial charge >= 0.3 is 6.18 Å². The maximum atomic E-state index is 12.8. The van der Waals surface area contributed by atoms with E-state index in [1.54, 1.807) is 42.5 Å². The summed E-state index contributed by atoms with van der Waals surface area (Å²) in [5, 5.41) is 3.32. The monoisotopic (exact) mass is 313 g/mol. The molecule has 2 aromatic rings. The molecule has 2 rings (SSSR count). The lowest BCUT2D eigenvalue weighted by molar-refractivity contribution is -0.137. The number of benzene rings is 2. The van der Waals surface area contributed by atoms with Gasteiger partial charge in [0.05, 0.1) is 23.2 Å². The fourth-order valence-corrected chi connectivity index (χ4v) is 2.28. The van der Waals surface area contributed by atoms with Crippen LogP contribution in [0.5, 0.6) is 0 Å². The quantitative estimate of drug-likeness (QED) is 0.757. The molecule has 1 nitrogen and oxygen atoms in total. The van der Waals surface area contributed by atoms with Gasteiger partial charge in [-0.05, 0) is 30.2 Å². The van der Waals surface area contributed by atoms with E-state index < -0.39 is 18.6 Å². The van der Waals surface area contributed by atoms with Gasteiger partial charge in [0, 0.05) is 0 Å². The smallest absolute Gasteiger partial charge is 0.377 e. The number of hydrogen-bond donors (Lipinski definition) is 1. The summed E-state index contributed by atoms with van der Waals surface area (Å²) in [6.45, 7) is 1.86. The second-order valence-corrected chi connectivity index (χ2v) is 5.32. The predicted molar refractivity (Wildman–Crippen MR) is 79.7 cm³/mol. The molecule has 1 atom stereocenters. The molecule has 0 aliphatic carbocycles. The zero-order valence-electron chi connectivity index (χ0n) is 11.4. The molecule has 0 heterocycles. The summed E-state index contributed by atoms with van der Waals surface area (Å²) >= 11 is 6.06. The first-order chi connectivity index (χ1) is 9.85.